The van der Waals surface area contributed by atoms with Crippen molar-refractivity contribution in [1.29, 1.82) is 0 Å². The lowest BCUT2D eigenvalue weighted by Crippen LogP contribution is -2.48. The molecule has 100 valence electrons. The molecule has 4 nitrogen and oxygen atoms in total. The van der Waals surface area contributed by atoms with Gasteiger partial charge >= 0.3 is 0 Å². The second kappa shape index (κ2) is 7.31. The first-order chi connectivity index (χ1) is 8.38. The van der Waals surface area contributed by atoms with E-state index in [2.05, 4.69) is 9.80 Å². The molecule has 1 atom stereocenters. The predicted molar refractivity (Wildman–Crippen MR) is 70.1 cm³/mol. The molecule has 2 saturated heterocycles. The Balaban J connectivity index is 1.57. The fourth-order valence-electron chi connectivity index (χ4n) is 2.77. The van der Waals surface area contributed by atoms with Gasteiger partial charge in [0.1, 0.15) is 0 Å². The zero-order valence-electron chi connectivity index (χ0n) is 10.9. The van der Waals surface area contributed by atoms with Crippen LogP contribution < -0.4 is 5.73 Å². The lowest BCUT2D eigenvalue weighted by atomic mass is 10.1. The van der Waals surface area contributed by atoms with Gasteiger partial charge in [0.15, 0.2) is 0 Å². The maximum absolute atomic E-state index is 5.52. The van der Waals surface area contributed by atoms with E-state index in [0.29, 0.717) is 0 Å². The summed E-state index contributed by atoms with van der Waals surface area (Å²) >= 11 is 0. The van der Waals surface area contributed by atoms with E-state index in [0.717, 1.165) is 25.7 Å². The quantitative estimate of drug-likeness (QED) is 0.683. The summed E-state index contributed by atoms with van der Waals surface area (Å²) < 4.78 is 5.44. The van der Waals surface area contributed by atoms with Gasteiger partial charge in [-0.25, -0.2) is 0 Å². The van der Waals surface area contributed by atoms with Crippen molar-refractivity contribution in [2.75, 3.05) is 59.0 Å². The van der Waals surface area contributed by atoms with E-state index in [-0.39, 0.29) is 0 Å². The van der Waals surface area contributed by atoms with E-state index in [1.165, 1.54) is 58.5 Å². The first-order valence-corrected chi connectivity index (χ1v) is 7.11. The number of hydrogen-bond donors (Lipinski definition) is 1. The molecule has 1 unspecified atom stereocenters. The summed E-state index contributed by atoms with van der Waals surface area (Å²) in [4.78, 5) is 5.19. The van der Waals surface area contributed by atoms with Crippen molar-refractivity contribution in [2.45, 2.75) is 19.3 Å². The zero-order valence-corrected chi connectivity index (χ0v) is 10.9. The number of nitrogens with two attached hydrogens (primary N) is 1. The average Bonchev–Trinajstić information content (AvgIpc) is 2.85. The van der Waals surface area contributed by atoms with Gasteiger partial charge < -0.3 is 20.3 Å². The normalized spacial score (nSPS) is 27.7. The molecule has 0 amide bonds. The van der Waals surface area contributed by atoms with Crippen LogP contribution in [0.15, 0.2) is 0 Å². The molecule has 2 aliphatic rings. The highest BCUT2D eigenvalue weighted by molar-refractivity contribution is 4.76. The van der Waals surface area contributed by atoms with Gasteiger partial charge in [-0.2, -0.15) is 0 Å². The van der Waals surface area contributed by atoms with Gasteiger partial charge in [-0.15, -0.1) is 0 Å². The highest BCUT2D eigenvalue weighted by Crippen LogP contribution is 2.15. The standard InChI is InChI=1S/C13H27N3O/c14-4-1-2-5-15-6-8-16(9-7-15)11-13-3-10-17-12-13/h13H,1-12,14H2. The molecule has 2 N–H and O–H groups in total. The fraction of sp³-hybridized carbons (Fsp3) is 1.00. The molecule has 2 aliphatic heterocycles. The Hall–Kier alpha value is -0.160. The summed E-state index contributed by atoms with van der Waals surface area (Å²) in [5, 5.41) is 0. The Labute approximate surface area is 105 Å². The second-order valence-corrected chi connectivity index (χ2v) is 5.37. The highest BCUT2D eigenvalue weighted by Gasteiger charge is 2.22. The van der Waals surface area contributed by atoms with Gasteiger partial charge in [-0.3, -0.25) is 0 Å². The highest BCUT2D eigenvalue weighted by atomic mass is 16.5. The maximum atomic E-state index is 5.52. The van der Waals surface area contributed by atoms with Crippen LogP contribution in [0.1, 0.15) is 19.3 Å². The minimum Gasteiger partial charge on any atom is -0.381 e. The number of ether oxygens (including phenoxy) is 1. The molecular weight excluding hydrogens is 214 g/mol. The largest absolute Gasteiger partial charge is 0.381 e. The van der Waals surface area contributed by atoms with Crippen LogP contribution in [0, 0.1) is 5.92 Å². The summed E-state index contributed by atoms with van der Waals surface area (Å²) in [6, 6.07) is 0. The Morgan fingerprint density at radius 1 is 1.06 bits per heavy atom. The fourth-order valence-corrected chi connectivity index (χ4v) is 2.77. The van der Waals surface area contributed by atoms with Crippen LogP contribution in [0.25, 0.3) is 0 Å². The van der Waals surface area contributed by atoms with Crippen molar-refractivity contribution in [1.82, 2.24) is 9.80 Å². The maximum Gasteiger partial charge on any atom is 0.0507 e. The van der Waals surface area contributed by atoms with Crippen LogP contribution >= 0.6 is 0 Å². The lowest BCUT2D eigenvalue weighted by Gasteiger charge is -2.35. The molecule has 2 rings (SSSR count). The predicted octanol–water partition coefficient (Wildman–Crippen LogP) is 0.379. The smallest absolute Gasteiger partial charge is 0.0507 e. The second-order valence-electron chi connectivity index (χ2n) is 5.37. The molecule has 0 saturated carbocycles. The van der Waals surface area contributed by atoms with E-state index in [4.69, 9.17) is 10.5 Å². The number of nitrogens with zero attached hydrogens (tertiary/aromatic N) is 2. The van der Waals surface area contributed by atoms with Gasteiger partial charge in [-0.05, 0) is 38.3 Å². The first kappa shape index (κ1) is 13.3. The number of hydrogen-bond acceptors (Lipinski definition) is 4. The van der Waals surface area contributed by atoms with Gasteiger partial charge in [0.2, 0.25) is 0 Å². The van der Waals surface area contributed by atoms with Gasteiger partial charge in [0.25, 0.3) is 0 Å². The van der Waals surface area contributed by atoms with E-state index in [1.807, 2.05) is 0 Å². The number of piperazine rings is 1. The van der Waals surface area contributed by atoms with Crippen molar-refractivity contribution in [3.05, 3.63) is 0 Å². The van der Waals surface area contributed by atoms with Gasteiger partial charge in [0.05, 0.1) is 6.61 Å². The summed E-state index contributed by atoms with van der Waals surface area (Å²) in [5.41, 5.74) is 5.52. The molecule has 0 aliphatic carbocycles. The SMILES string of the molecule is NCCCCN1CCN(CC2CCOC2)CC1. The van der Waals surface area contributed by atoms with Crippen LogP contribution in [0.2, 0.25) is 0 Å². The molecule has 0 aromatic heterocycles. The van der Waals surface area contributed by atoms with Gasteiger partial charge in [0, 0.05) is 39.3 Å². The van der Waals surface area contributed by atoms with E-state index >= 15 is 0 Å². The molecule has 0 aromatic carbocycles. The van der Waals surface area contributed by atoms with Gasteiger partial charge in [-0.1, -0.05) is 0 Å². The molecule has 17 heavy (non-hydrogen) atoms. The van der Waals surface area contributed by atoms with E-state index in [9.17, 15) is 0 Å². The molecule has 0 radical (unpaired) electrons. The van der Waals surface area contributed by atoms with Crippen molar-refractivity contribution in [3.63, 3.8) is 0 Å². The van der Waals surface area contributed by atoms with Crippen molar-refractivity contribution < 1.29 is 4.74 Å². The van der Waals surface area contributed by atoms with E-state index in [1.54, 1.807) is 0 Å². The van der Waals surface area contributed by atoms with Crippen molar-refractivity contribution in [2.24, 2.45) is 11.7 Å². The first-order valence-electron chi connectivity index (χ1n) is 7.11. The van der Waals surface area contributed by atoms with Crippen LogP contribution in [-0.4, -0.2) is 68.8 Å². The average molecular weight is 241 g/mol. The molecule has 0 aromatic rings. The van der Waals surface area contributed by atoms with Crippen LogP contribution in [0.5, 0.6) is 0 Å². The molecule has 0 bridgehead atoms. The van der Waals surface area contributed by atoms with Crippen molar-refractivity contribution in [3.8, 4) is 0 Å². The summed E-state index contributed by atoms with van der Waals surface area (Å²) in [6.45, 7) is 10.2. The molecule has 0 spiro atoms. The topological polar surface area (TPSA) is 41.7 Å². The minimum atomic E-state index is 0.791. The van der Waals surface area contributed by atoms with Crippen LogP contribution in [0.3, 0.4) is 0 Å². The Morgan fingerprint density at radius 3 is 2.47 bits per heavy atom. The molecule has 4 heteroatoms. The van der Waals surface area contributed by atoms with Crippen LogP contribution in [0.4, 0.5) is 0 Å². The third-order valence-corrected chi connectivity index (χ3v) is 3.93. The summed E-state index contributed by atoms with van der Waals surface area (Å²) in [5.74, 6) is 0.791. The Kier molecular flexibility index (Phi) is 5.71. The molecular formula is C13H27N3O. The molecule has 2 fully saturated rings. The Bertz CT molecular complexity index is 199. The summed E-state index contributed by atoms with van der Waals surface area (Å²) in [6.07, 6.45) is 3.68. The van der Waals surface area contributed by atoms with Crippen molar-refractivity contribution >= 4 is 0 Å². The third kappa shape index (κ3) is 4.54. The number of unbranched alkanes of at least 4 members (excludes halogenated alkanes) is 1. The summed E-state index contributed by atoms with van der Waals surface area (Å²) in [7, 11) is 0. The Morgan fingerprint density at radius 2 is 1.82 bits per heavy atom. The number of rotatable bonds is 6. The molecule has 2 heterocycles. The third-order valence-electron chi connectivity index (χ3n) is 3.93. The lowest BCUT2D eigenvalue weighted by molar-refractivity contribution is 0.110. The van der Waals surface area contributed by atoms with E-state index < -0.39 is 0 Å². The monoisotopic (exact) mass is 241 g/mol. The van der Waals surface area contributed by atoms with Crippen LogP contribution in [-0.2, 0) is 4.74 Å². The zero-order chi connectivity index (χ0) is 11.9. The minimum absolute atomic E-state index is 0.791.